The Bertz CT molecular complexity index is 1470. The van der Waals surface area contributed by atoms with Gasteiger partial charge in [0, 0.05) is 54.8 Å². The van der Waals surface area contributed by atoms with Crippen molar-refractivity contribution in [2.24, 2.45) is 0 Å². The molecule has 1 fully saturated rings. The van der Waals surface area contributed by atoms with Gasteiger partial charge in [-0.2, -0.15) is 19.4 Å². The molecule has 6 rings (SSSR count). The second-order valence-corrected chi connectivity index (χ2v) is 8.28. The number of benzene rings is 1. The van der Waals surface area contributed by atoms with Crippen LogP contribution in [-0.2, 0) is 4.74 Å². The van der Waals surface area contributed by atoms with Crippen LogP contribution in [0.15, 0.2) is 67.0 Å². The first-order chi connectivity index (χ1) is 16.7. The van der Waals surface area contributed by atoms with Crippen LogP contribution in [0.2, 0.25) is 0 Å². The first-order valence-electron chi connectivity index (χ1n) is 11.2. The zero-order valence-electron chi connectivity index (χ0n) is 18.7. The fourth-order valence-electron chi connectivity index (χ4n) is 4.22. The summed E-state index contributed by atoms with van der Waals surface area (Å²) in [6, 6.07) is 17.4. The summed E-state index contributed by atoms with van der Waals surface area (Å²) in [6.07, 6.45) is 3.49. The Morgan fingerprint density at radius 2 is 1.68 bits per heavy atom. The quantitative estimate of drug-likeness (QED) is 0.445. The molecule has 9 nitrogen and oxygen atoms in total. The van der Waals surface area contributed by atoms with E-state index in [-0.39, 0.29) is 5.88 Å². The minimum absolute atomic E-state index is 0.0233. The molecule has 0 radical (unpaired) electrons. The SMILES string of the molecule is Cc1cccc(-c2cc(O)n(-c3cc(N4CCOCC4)n4nc(-c5ccncc5)cc4n3)n2)c1. The number of anilines is 1. The normalized spacial score (nSPS) is 14.1. The lowest BCUT2D eigenvalue weighted by molar-refractivity contribution is 0.122. The molecule has 0 aliphatic carbocycles. The molecule has 1 aliphatic rings. The average Bonchev–Trinajstić information content (AvgIpc) is 3.48. The third-order valence-corrected chi connectivity index (χ3v) is 5.93. The number of aromatic nitrogens is 6. The molecule has 1 N–H and O–H groups in total. The number of aromatic hydroxyl groups is 1. The summed E-state index contributed by atoms with van der Waals surface area (Å²) >= 11 is 0. The van der Waals surface area contributed by atoms with Gasteiger partial charge in [0.05, 0.1) is 24.6 Å². The first-order valence-corrected chi connectivity index (χ1v) is 11.2. The Kier molecular flexibility index (Phi) is 4.96. The van der Waals surface area contributed by atoms with Crippen molar-refractivity contribution >= 4 is 11.5 Å². The van der Waals surface area contributed by atoms with Crippen molar-refractivity contribution in [2.45, 2.75) is 6.92 Å². The molecular formula is C25H23N7O2. The molecule has 0 bridgehead atoms. The molecular weight excluding hydrogens is 430 g/mol. The van der Waals surface area contributed by atoms with Gasteiger partial charge in [-0.05, 0) is 25.1 Å². The van der Waals surface area contributed by atoms with Gasteiger partial charge >= 0.3 is 0 Å². The van der Waals surface area contributed by atoms with Crippen molar-refractivity contribution in [1.29, 1.82) is 0 Å². The highest BCUT2D eigenvalue weighted by atomic mass is 16.5. The van der Waals surface area contributed by atoms with Gasteiger partial charge in [0.1, 0.15) is 5.82 Å². The molecule has 1 aromatic carbocycles. The summed E-state index contributed by atoms with van der Waals surface area (Å²) in [5.41, 5.74) is 5.17. The van der Waals surface area contributed by atoms with Crippen LogP contribution in [0.1, 0.15) is 5.56 Å². The fourth-order valence-corrected chi connectivity index (χ4v) is 4.22. The van der Waals surface area contributed by atoms with E-state index in [0.717, 1.165) is 41.3 Å². The monoisotopic (exact) mass is 453 g/mol. The Morgan fingerprint density at radius 1 is 0.882 bits per heavy atom. The van der Waals surface area contributed by atoms with Gasteiger partial charge in [0.25, 0.3) is 0 Å². The minimum atomic E-state index is 0.0233. The molecule has 0 saturated carbocycles. The van der Waals surface area contributed by atoms with E-state index in [9.17, 15) is 5.11 Å². The topological polar surface area (TPSA) is 93.6 Å². The fraction of sp³-hybridized carbons (Fsp3) is 0.200. The van der Waals surface area contributed by atoms with Crippen molar-refractivity contribution in [2.75, 3.05) is 31.2 Å². The Morgan fingerprint density at radius 3 is 2.47 bits per heavy atom. The van der Waals surface area contributed by atoms with Crippen molar-refractivity contribution in [1.82, 2.24) is 29.4 Å². The largest absolute Gasteiger partial charge is 0.493 e. The van der Waals surface area contributed by atoms with Gasteiger partial charge in [0.2, 0.25) is 5.88 Å². The molecule has 170 valence electrons. The smallest absolute Gasteiger partial charge is 0.216 e. The summed E-state index contributed by atoms with van der Waals surface area (Å²) in [7, 11) is 0. The van der Waals surface area contributed by atoms with Crippen molar-refractivity contribution in [3.63, 3.8) is 0 Å². The predicted molar refractivity (Wildman–Crippen MR) is 128 cm³/mol. The number of nitrogens with zero attached hydrogens (tertiary/aromatic N) is 7. The molecule has 1 saturated heterocycles. The van der Waals surface area contributed by atoms with Crippen molar-refractivity contribution in [3.8, 4) is 34.2 Å². The minimum Gasteiger partial charge on any atom is -0.493 e. The van der Waals surface area contributed by atoms with Crippen molar-refractivity contribution < 1.29 is 9.84 Å². The summed E-state index contributed by atoms with van der Waals surface area (Å²) in [6.45, 7) is 4.79. The number of hydrogen-bond acceptors (Lipinski definition) is 7. The van der Waals surface area contributed by atoms with E-state index in [2.05, 4.69) is 15.0 Å². The number of fused-ring (bicyclic) bond motifs is 1. The Balaban J connectivity index is 1.50. The number of hydrogen-bond donors (Lipinski definition) is 1. The van der Waals surface area contributed by atoms with Crippen LogP contribution in [0.3, 0.4) is 0 Å². The van der Waals surface area contributed by atoms with Crippen LogP contribution in [0, 0.1) is 6.92 Å². The highest BCUT2D eigenvalue weighted by molar-refractivity contribution is 5.67. The standard InChI is InChI=1S/C25H23N7O2/c1-17-3-2-4-19(13-17)21-15-25(33)32(29-21)23-16-24(30-9-11-34-12-10-30)31-22(27-23)14-20(28-31)18-5-7-26-8-6-18/h2-8,13-16,33H,9-12H2,1H3. The molecule has 1 aliphatic heterocycles. The van der Waals surface area contributed by atoms with Crippen LogP contribution < -0.4 is 4.90 Å². The first kappa shape index (κ1) is 20.4. The van der Waals surface area contributed by atoms with Crippen LogP contribution in [0.5, 0.6) is 5.88 Å². The maximum absolute atomic E-state index is 10.8. The van der Waals surface area contributed by atoms with E-state index in [1.54, 1.807) is 18.5 Å². The van der Waals surface area contributed by atoms with Gasteiger partial charge in [-0.1, -0.05) is 23.8 Å². The second kappa shape index (κ2) is 8.27. The second-order valence-electron chi connectivity index (χ2n) is 8.28. The molecule has 0 amide bonds. The molecule has 5 heterocycles. The van der Waals surface area contributed by atoms with Crippen LogP contribution in [0.4, 0.5) is 5.82 Å². The maximum atomic E-state index is 10.8. The summed E-state index contributed by atoms with van der Waals surface area (Å²) < 4.78 is 8.87. The van der Waals surface area contributed by atoms with E-state index in [0.29, 0.717) is 30.4 Å². The predicted octanol–water partition coefficient (Wildman–Crippen LogP) is 3.49. The highest BCUT2D eigenvalue weighted by Crippen LogP contribution is 2.29. The molecule has 34 heavy (non-hydrogen) atoms. The third-order valence-electron chi connectivity index (χ3n) is 5.93. The maximum Gasteiger partial charge on any atom is 0.216 e. The molecule has 0 spiro atoms. The molecule has 9 heteroatoms. The molecule has 0 unspecified atom stereocenters. The molecule has 0 atom stereocenters. The van der Waals surface area contributed by atoms with Crippen molar-refractivity contribution in [3.05, 3.63) is 72.6 Å². The number of rotatable bonds is 4. The van der Waals surface area contributed by atoms with Gasteiger partial charge in [-0.25, -0.2) is 4.98 Å². The Hall–Kier alpha value is -4.24. The van der Waals surface area contributed by atoms with Gasteiger partial charge in [-0.15, -0.1) is 0 Å². The molecule has 5 aromatic rings. The lowest BCUT2D eigenvalue weighted by Gasteiger charge is -2.29. The number of morpholine rings is 1. The molecule has 4 aromatic heterocycles. The van der Waals surface area contributed by atoms with E-state index < -0.39 is 0 Å². The van der Waals surface area contributed by atoms with Crippen LogP contribution in [0.25, 0.3) is 34.0 Å². The van der Waals surface area contributed by atoms with Crippen LogP contribution in [-0.4, -0.2) is 60.8 Å². The van der Waals surface area contributed by atoms with E-state index in [1.165, 1.54) is 4.68 Å². The van der Waals surface area contributed by atoms with Gasteiger partial charge < -0.3 is 14.7 Å². The average molecular weight is 454 g/mol. The number of pyridine rings is 1. The zero-order chi connectivity index (χ0) is 23.1. The van der Waals surface area contributed by atoms with E-state index in [4.69, 9.17) is 14.8 Å². The van der Waals surface area contributed by atoms with Gasteiger partial charge in [-0.3, -0.25) is 4.98 Å². The van der Waals surface area contributed by atoms with Gasteiger partial charge in [0.15, 0.2) is 11.5 Å². The van der Waals surface area contributed by atoms with E-state index >= 15 is 0 Å². The number of aryl methyl sites for hydroxylation is 1. The highest BCUT2D eigenvalue weighted by Gasteiger charge is 2.20. The summed E-state index contributed by atoms with van der Waals surface area (Å²) in [5, 5.41) is 20.3. The summed E-state index contributed by atoms with van der Waals surface area (Å²) in [5.74, 6) is 1.41. The Labute approximate surface area is 195 Å². The number of ether oxygens (including phenoxy) is 1. The van der Waals surface area contributed by atoms with E-state index in [1.807, 2.05) is 60.0 Å². The van der Waals surface area contributed by atoms with Crippen LogP contribution >= 0.6 is 0 Å². The lowest BCUT2D eigenvalue weighted by atomic mass is 10.1. The zero-order valence-corrected chi connectivity index (χ0v) is 18.7. The third kappa shape index (κ3) is 3.65. The lowest BCUT2D eigenvalue weighted by Crippen LogP contribution is -2.37. The summed E-state index contributed by atoms with van der Waals surface area (Å²) in [4.78, 5) is 11.1.